The van der Waals surface area contributed by atoms with Crippen LogP contribution in [0.4, 0.5) is 4.39 Å². The topological polar surface area (TPSA) is 67.1 Å². The van der Waals surface area contributed by atoms with Gasteiger partial charge in [0, 0.05) is 12.1 Å². The summed E-state index contributed by atoms with van der Waals surface area (Å²) in [6, 6.07) is 14.2. The summed E-state index contributed by atoms with van der Waals surface area (Å²) in [6.45, 7) is 6.64. The van der Waals surface area contributed by atoms with E-state index in [0.717, 1.165) is 42.9 Å². The molecule has 4 N–H and O–H groups in total. The Morgan fingerprint density at radius 2 is 1.53 bits per heavy atom. The number of quaternary nitrogens is 2. The van der Waals surface area contributed by atoms with Gasteiger partial charge < -0.3 is 20.4 Å². The first-order chi connectivity index (χ1) is 14.4. The molecule has 2 amide bonds. The van der Waals surface area contributed by atoms with E-state index < -0.39 is 11.8 Å². The molecule has 2 aromatic rings. The lowest BCUT2D eigenvalue weighted by atomic mass is 10.0. The first-order valence-corrected chi connectivity index (χ1v) is 10.5. The smallest absolute Gasteiger partial charge is 0.309 e. The molecular weight excluding hydrogens is 383 g/mol. The highest BCUT2D eigenvalue weighted by Crippen LogP contribution is 2.10. The molecule has 2 aromatic carbocycles. The number of carbonyl (C=O) groups excluding carboxylic acids is 2. The SMILES string of the molecule is Cc1ccc(CNC(=O)C(=O)NC[C@H](c2ccc(F)cc2)[NH+]2CC[NH+](C)CC2)cc1. The maximum atomic E-state index is 13.4. The number of piperazine rings is 1. The highest BCUT2D eigenvalue weighted by molar-refractivity contribution is 6.35. The molecule has 30 heavy (non-hydrogen) atoms. The average Bonchev–Trinajstić information content (AvgIpc) is 2.75. The Kier molecular flexibility index (Phi) is 7.54. The van der Waals surface area contributed by atoms with Crippen molar-refractivity contribution in [2.45, 2.75) is 19.5 Å². The van der Waals surface area contributed by atoms with E-state index in [-0.39, 0.29) is 11.9 Å². The molecule has 1 saturated heterocycles. The fourth-order valence-corrected chi connectivity index (χ4v) is 3.78. The second kappa shape index (κ2) is 10.3. The number of aryl methyl sites for hydroxylation is 1. The van der Waals surface area contributed by atoms with E-state index in [9.17, 15) is 14.0 Å². The van der Waals surface area contributed by atoms with Gasteiger partial charge in [-0.1, -0.05) is 42.0 Å². The fraction of sp³-hybridized carbons (Fsp3) is 0.391. The molecule has 1 heterocycles. The van der Waals surface area contributed by atoms with Crippen LogP contribution in [0.5, 0.6) is 0 Å². The summed E-state index contributed by atoms with van der Waals surface area (Å²) in [5.41, 5.74) is 3.05. The third-order valence-electron chi connectivity index (χ3n) is 5.76. The molecule has 0 bridgehead atoms. The quantitative estimate of drug-likeness (QED) is 0.459. The van der Waals surface area contributed by atoms with Crippen molar-refractivity contribution in [3.8, 4) is 0 Å². The van der Waals surface area contributed by atoms with Crippen molar-refractivity contribution in [3.05, 3.63) is 71.0 Å². The first kappa shape index (κ1) is 21.9. The van der Waals surface area contributed by atoms with Gasteiger partial charge in [-0.05, 0) is 24.6 Å². The highest BCUT2D eigenvalue weighted by Gasteiger charge is 2.30. The molecule has 0 aliphatic carbocycles. The summed E-state index contributed by atoms with van der Waals surface area (Å²) < 4.78 is 13.4. The monoisotopic (exact) mass is 414 g/mol. The number of likely N-dealkylation sites (N-methyl/N-ethyl adjacent to an activating group) is 1. The van der Waals surface area contributed by atoms with E-state index in [1.165, 1.54) is 21.9 Å². The Morgan fingerprint density at radius 3 is 2.17 bits per heavy atom. The second-order valence-electron chi connectivity index (χ2n) is 8.10. The third-order valence-corrected chi connectivity index (χ3v) is 5.76. The summed E-state index contributed by atoms with van der Waals surface area (Å²) in [4.78, 5) is 27.4. The van der Waals surface area contributed by atoms with Crippen molar-refractivity contribution in [2.24, 2.45) is 0 Å². The molecule has 0 aromatic heterocycles. The lowest BCUT2D eigenvalue weighted by molar-refractivity contribution is -1.02. The molecule has 160 valence electrons. The minimum absolute atomic E-state index is 0.0208. The van der Waals surface area contributed by atoms with Gasteiger partial charge in [0.15, 0.2) is 0 Å². The number of nitrogens with one attached hydrogen (secondary N) is 4. The Balaban J connectivity index is 1.58. The molecule has 1 aliphatic heterocycles. The van der Waals surface area contributed by atoms with Crippen LogP contribution in [0.25, 0.3) is 0 Å². The number of halogens is 1. The van der Waals surface area contributed by atoms with Crippen molar-refractivity contribution in [3.63, 3.8) is 0 Å². The molecule has 3 rings (SSSR count). The maximum absolute atomic E-state index is 13.4. The molecule has 7 heteroatoms. The number of benzene rings is 2. The van der Waals surface area contributed by atoms with Gasteiger partial charge in [0.05, 0.1) is 13.6 Å². The number of rotatable bonds is 6. The van der Waals surface area contributed by atoms with Crippen LogP contribution < -0.4 is 20.4 Å². The molecule has 0 spiro atoms. The predicted octanol–water partition coefficient (Wildman–Crippen LogP) is -0.979. The van der Waals surface area contributed by atoms with Gasteiger partial charge in [0.2, 0.25) is 0 Å². The maximum Gasteiger partial charge on any atom is 0.309 e. The summed E-state index contributed by atoms with van der Waals surface area (Å²) in [5, 5.41) is 5.44. The van der Waals surface area contributed by atoms with Gasteiger partial charge in [-0.3, -0.25) is 9.59 Å². The van der Waals surface area contributed by atoms with Crippen LogP contribution in [0.3, 0.4) is 0 Å². The second-order valence-corrected chi connectivity index (χ2v) is 8.10. The van der Waals surface area contributed by atoms with Crippen LogP contribution in [0, 0.1) is 12.7 Å². The Morgan fingerprint density at radius 1 is 0.933 bits per heavy atom. The van der Waals surface area contributed by atoms with E-state index in [1.807, 2.05) is 31.2 Å². The summed E-state index contributed by atoms with van der Waals surface area (Å²) in [6.07, 6.45) is 0. The van der Waals surface area contributed by atoms with Crippen LogP contribution >= 0.6 is 0 Å². The molecule has 6 nitrogen and oxygen atoms in total. The number of hydrogen-bond acceptors (Lipinski definition) is 2. The normalized spacial score (nSPS) is 19.7. The lowest BCUT2D eigenvalue weighted by Crippen LogP contribution is -3.27. The van der Waals surface area contributed by atoms with E-state index in [4.69, 9.17) is 0 Å². The molecule has 1 atom stereocenters. The van der Waals surface area contributed by atoms with Crippen LogP contribution in [0.1, 0.15) is 22.7 Å². The Labute approximate surface area is 177 Å². The van der Waals surface area contributed by atoms with Gasteiger partial charge >= 0.3 is 11.8 Å². The fourth-order valence-electron chi connectivity index (χ4n) is 3.78. The van der Waals surface area contributed by atoms with Gasteiger partial charge in [-0.2, -0.15) is 0 Å². The van der Waals surface area contributed by atoms with Gasteiger partial charge in [0.1, 0.15) is 38.0 Å². The van der Waals surface area contributed by atoms with Crippen molar-refractivity contribution >= 4 is 11.8 Å². The largest absolute Gasteiger partial charge is 0.344 e. The highest BCUT2D eigenvalue weighted by atomic mass is 19.1. The lowest BCUT2D eigenvalue weighted by Gasteiger charge is -2.33. The number of hydrogen-bond donors (Lipinski definition) is 4. The molecule has 1 aliphatic rings. The zero-order valence-electron chi connectivity index (χ0n) is 17.6. The zero-order chi connectivity index (χ0) is 21.5. The van der Waals surface area contributed by atoms with Crippen molar-refractivity contribution < 1.29 is 23.8 Å². The number of amides is 2. The molecular formula is C23H31FN4O2+2. The van der Waals surface area contributed by atoms with Crippen molar-refractivity contribution in [1.82, 2.24) is 10.6 Å². The summed E-state index contributed by atoms with van der Waals surface area (Å²) in [7, 11) is 2.17. The number of carbonyl (C=O) groups is 2. The van der Waals surface area contributed by atoms with Gasteiger partial charge in [-0.15, -0.1) is 0 Å². The predicted molar refractivity (Wildman–Crippen MR) is 112 cm³/mol. The van der Waals surface area contributed by atoms with E-state index >= 15 is 0 Å². The molecule has 0 saturated carbocycles. The van der Waals surface area contributed by atoms with Crippen LogP contribution in [-0.4, -0.2) is 51.6 Å². The van der Waals surface area contributed by atoms with Crippen LogP contribution in [-0.2, 0) is 16.1 Å². The average molecular weight is 415 g/mol. The molecule has 0 unspecified atom stereocenters. The minimum atomic E-state index is -0.647. The molecule has 0 radical (unpaired) electrons. The van der Waals surface area contributed by atoms with E-state index in [0.29, 0.717) is 13.1 Å². The molecule has 1 fully saturated rings. The first-order valence-electron chi connectivity index (χ1n) is 10.5. The Bertz CT molecular complexity index is 847. The van der Waals surface area contributed by atoms with Gasteiger partial charge in [0.25, 0.3) is 0 Å². The van der Waals surface area contributed by atoms with Crippen molar-refractivity contribution in [1.29, 1.82) is 0 Å². The van der Waals surface area contributed by atoms with E-state index in [1.54, 1.807) is 12.1 Å². The van der Waals surface area contributed by atoms with Gasteiger partial charge in [-0.25, -0.2) is 4.39 Å². The summed E-state index contributed by atoms with van der Waals surface area (Å²) >= 11 is 0. The van der Waals surface area contributed by atoms with Crippen LogP contribution in [0.15, 0.2) is 48.5 Å². The Hall–Kier alpha value is -2.77. The zero-order valence-corrected chi connectivity index (χ0v) is 17.6. The summed E-state index contributed by atoms with van der Waals surface area (Å²) in [5.74, 6) is -1.57. The third kappa shape index (κ3) is 6.11. The minimum Gasteiger partial charge on any atom is -0.344 e. The van der Waals surface area contributed by atoms with E-state index in [2.05, 4.69) is 17.7 Å². The van der Waals surface area contributed by atoms with Crippen molar-refractivity contribution in [2.75, 3.05) is 39.8 Å². The standard InChI is InChI=1S/C23H29FN4O2/c1-17-3-5-18(6-4-17)15-25-22(29)23(30)26-16-21(19-7-9-20(24)10-8-19)28-13-11-27(2)12-14-28/h3-10,21H,11-16H2,1-2H3,(H,25,29)(H,26,30)/p+2/t21-/m1/s1. The van der Waals surface area contributed by atoms with Crippen LogP contribution in [0.2, 0.25) is 0 Å².